The molecule has 9 heteroatoms. The third-order valence-corrected chi connectivity index (χ3v) is 6.03. The monoisotopic (exact) mass is 433 g/mol. The van der Waals surface area contributed by atoms with E-state index in [-0.39, 0.29) is 35.5 Å². The zero-order valence-corrected chi connectivity index (χ0v) is 17.8. The van der Waals surface area contributed by atoms with Crippen LogP contribution in [0.15, 0.2) is 39.6 Å². The van der Waals surface area contributed by atoms with E-state index in [4.69, 9.17) is 4.52 Å². The van der Waals surface area contributed by atoms with Crippen molar-refractivity contribution in [3.8, 4) is 11.4 Å². The molecule has 0 saturated carbocycles. The summed E-state index contributed by atoms with van der Waals surface area (Å²) in [4.78, 5) is 43.0. The minimum Gasteiger partial charge on any atom is -0.348 e. The second kappa shape index (κ2) is 8.07. The summed E-state index contributed by atoms with van der Waals surface area (Å²) >= 11 is 0. The maximum atomic E-state index is 12.6. The summed E-state index contributed by atoms with van der Waals surface area (Å²) in [5, 5.41) is 6.73. The number of nitrogens with zero attached hydrogens (tertiary/aromatic N) is 4. The molecule has 0 atom stereocenters. The average Bonchev–Trinajstić information content (AvgIpc) is 3.54. The molecule has 2 amide bonds. The van der Waals surface area contributed by atoms with Crippen molar-refractivity contribution in [2.75, 3.05) is 11.4 Å². The van der Waals surface area contributed by atoms with Crippen LogP contribution in [0.1, 0.15) is 46.9 Å². The van der Waals surface area contributed by atoms with E-state index in [1.807, 2.05) is 6.92 Å². The molecule has 0 bridgehead atoms. The highest BCUT2D eigenvalue weighted by atomic mass is 16.5. The van der Waals surface area contributed by atoms with Gasteiger partial charge in [0, 0.05) is 48.2 Å². The molecule has 164 valence electrons. The molecule has 1 saturated heterocycles. The summed E-state index contributed by atoms with van der Waals surface area (Å²) in [6.07, 6.45) is 3.19. The molecule has 2 aliphatic rings. The molecule has 1 aromatic carbocycles. The number of nitrogens with one attached hydrogen (secondary N) is 1. The first-order valence-electron chi connectivity index (χ1n) is 10.8. The van der Waals surface area contributed by atoms with Gasteiger partial charge in [-0.2, -0.15) is 4.98 Å². The minimum absolute atomic E-state index is 0.0492. The fraction of sp³-hybridized carbons (Fsp3) is 0.348. The van der Waals surface area contributed by atoms with Gasteiger partial charge in [0.2, 0.25) is 17.6 Å². The van der Waals surface area contributed by atoms with Crippen LogP contribution in [0.3, 0.4) is 0 Å². The number of hydrogen-bond acceptors (Lipinski definition) is 6. The van der Waals surface area contributed by atoms with Gasteiger partial charge in [-0.1, -0.05) is 5.16 Å². The Bertz CT molecular complexity index is 1260. The van der Waals surface area contributed by atoms with Crippen molar-refractivity contribution in [2.24, 2.45) is 0 Å². The van der Waals surface area contributed by atoms with E-state index in [0.717, 1.165) is 42.9 Å². The summed E-state index contributed by atoms with van der Waals surface area (Å²) in [6, 6.07) is 8.52. The lowest BCUT2D eigenvalue weighted by molar-refractivity contribution is -0.117. The quantitative estimate of drug-likeness (QED) is 0.661. The first-order chi connectivity index (χ1) is 15.5. The number of anilines is 1. The largest absolute Gasteiger partial charge is 0.348 e. The van der Waals surface area contributed by atoms with Crippen molar-refractivity contribution in [1.82, 2.24) is 20.0 Å². The van der Waals surface area contributed by atoms with Crippen molar-refractivity contribution in [3.05, 3.63) is 63.4 Å². The number of carbonyl (C=O) groups excluding carboxylic acids is 2. The fourth-order valence-corrected chi connectivity index (χ4v) is 4.45. The maximum Gasteiger partial charge on any atom is 0.251 e. The molecule has 5 rings (SSSR count). The van der Waals surface area contributed by atoms with Crippen LogP contribution in [-0.2, 0) is 24.3 Å². The third-order valence-electron chi connectivity index (χ3n) is 6.03. The lowest BCUT2D eigenvalue weighted by Crippen LogP contribution is -2.25. The van der Waals surface area contributed by atoms with E-state index < -0.39 is 0 Å². The van der Waals surface area contributed by atoms with Gasteiger partial charge in [0.05, 0.1) is 12.1 Å². The van der Waals surface area contributed by atoms with Crippen molar-refractivity contribution in [2.45, 2.75) is 45.7 Å². The Kier molecular flexibility index (Phi) is 5.08. The van der Waals surface area contributed by atoms with Gasteiger partial charge in [0.25, 0.3) is 5.91 Å². The SMILES string of the molecule is Cc1cc(=O)c(-c2noc(CNC(=O)c3ccc(N4CCCC4=O)cc3)n2)c2n1CCC2. The second-order valence-corrected chi connectivity index (χ2v) is 8.12. The smallest absolute Gasteiger partial charge is 0.251 e. The van der Waals surface area contributed by atoms with E-state index in [9.17, 15) is 14.4 Å². The van der Waals surface area contributed by atoms with E-state index in [0.29, 0.717) is 24.1 Å². The van der Waals surface area contributed by atoms with Crippen LogP contribution in [0.25, 0.3) is 11.4 Å². The number of benzene rings is 1. The first kappa shape index (κ1) is 20.2. The van der Waals surface area contributed by atoms with Gasteiger partial charge in [0.15, 0.2) is 5.43 Å². The number of hydrogen-bond donors (Lipinski definition) is 1. The van der Waals surface area contributed by atoms with Crippen LogP contribution in [0.2, 0.25) is 0 Å². The Morgan fingerprint density at radius 3 is 2.66 bits per heavy atom. The third kappa shape index (κ3) is 3.59. The summed E-state index contributed by atoms with van der Waals surface area (Å²) in [6.45, 7) is 3.55. The van der Waals surface area contributed by atoms with Gasteiger partial charge in [-0.05, 0) is 50.5 Å². The van der Waals surface area contributed by atoms with E-state index in [1.165, 1.54) is 0 Å². The molecular weight excluding hydrogens is 410 g/mol. The highest BCUT2D eigenvalue weighted by molar-refractivity contribution is 5.97. The lowest BCUT2D eigenvalue weighted by Gasteiger charge is -2.15. The van der Waals surface area contributed by atoms with E-state index in [2.05, 4.69) is 20.0 Å². The van der Waals surface area contributed by atoms with Crippen LogP contribution >= 0.6 is 0 Å². The second-order valence-electron chi connectivity index (χ2n) is 8.12. The fourth-order valence-electron chi connectivity index (χ4n) is 4.45. The number of aromatic nitrogens is 3. The van der Waals surface area contributed by atoms with Crippen LogP contribution < -0.4 is 15.6 Å². The topological polar surface area (TPSA) is 110 Å². The predicted molar refractivity (Wildman–Crippen MR) is 116 cm³/mol. The van der Waals surface area contributed by atoms with Gasteiger partial charge in [-0.3, -0.25) is 14.4 Å². The van der Waals surface area contributed by atoms with E-state index >= 15 is 0 Å². The first-order valence-corrected chi connectivity index (χ1v) is 10.8. The van der Waals surface area contributed by atoms with Crippen LogP contribution in [0, 0.1) is 6.92 Å². The van der Waals surface area contributed by atoms with Gasteiger partial charge in [-0.25, -0.2) is 0 Å². The van der Waals surface area contributed by atoms with Crippen molar-refractivity contribution in [3.63, 3.8) is 0 Å². The molecule has 9 nitrogen and oxygen atoms in total. The van der Waals surface area contributed by atoms with Gasteiger partial charge < -0.3 is 19.3 Å². The summed E-state index contributed by atoms with van der Waals surface area (Å²) in [5.74, 6) is 0.294. The molecule has 32 heavy (non-hydrogen) atoms. The lowest BCUT2D eigenvalue weighted by atomic mass is 10.1. The summed E-state index contributed by atoms with van der Waals surface area (Å²) < 4.78 is 7.40. The van der Waals surface area contributed by atoms with Crippen LogP contribution in [0.4, 0.5) is 5.69 Å². The Hall–Kier alpha value is -3.75. The van der Waals surface area contributed by atoms with Crippen LogP contribution in [0.5, 0.6) is 0 Å². The molecule has 2 aromatic heterocycles. The number of fused-ring (bicyclic) bond motifs is 1. The summed E-state index contributed by atoms with van der Waals surface area (Å²) in [7, 11) is 0. The maximum absolute atomic E-state index is 12.6. The highest BCUT2D eigenvalue weighted by Gasteiger charge is 2.24. The molecule has 0 radical (unpaired) electrons. The van der Waals surface area contributed by atoms with Crippen molar-refractivity contribution >= 4 is 17.5 Å². The zero-order valence-electron chi connectivity index (χ0n) is 17.8. The standard InChI is InChI=1S/C23H23N5O4/c1-14-12-18(29)21(17-4-2-10-27(14)17)22-25-19(32-26-22)13-24-23(31)15-6-8-16(9-7-15)28-11-3-5-20(28)30/h6-9,12H,2-5,10-11,13H2,1H3,(H,24,31). The molecule has 3 aromatic rings. The molecule has 1 fully saturated rings. The van der Waals surface area contributed by atoms with Gasteiger partial charge in [-0.15, -0.1) is 0 Å². The summed E-state index contributed by atoms with van der Waals surface area (Å²) in [5.41, 5.74) is 3.48. The van der Waals surface area contributed by atoms with E-state index in [1.54, 1.807) is 35.2 Å². The molecule has 1 N–H and O–H groups in total. The molecule has 2 aliphatic heterocycles. The molecule has 4 heterocycles. The average molecular weight is 433 g/mol. The van der Waals surface area contributed by atoms with Gasteiger partial charge >= 0.3 is 0 Å². The molecule has 0 spiro atoms. The number of rotatable bonds is 5. The number of aryl methyl sites for hydroxylation is 1. The predicted octanol–water partition coefficient (Wildman–Crippen LogP) is 2.21. The molecule has 0 unspecified atom stereocenters. The normalized spacial score (nSPS) is 15.3. The van der Waals surface area contributed by atoms with Gasteiger partial charge in [0.1, 0.15) is 0 Å². The van der Waals surface area contributed by atoms with Crippen molar-refractivity contribution in [1.29, 1.82) is 0 Å². The van der Waals surface area contributed by atoms with Crippen molar-refractivity contribution < 1.29 is 14.1 Å². The highest BCUT2D eigenvalue weighted by Crippen LogP contribution is 2.25. The number of pyridine rings is 1. The minimum atomic E-state index is -0.291. The number of carbonyl (C=O) groups is 2. The Morgan fingerprint density at radius 2 is 1.91 bits per heavy atom. The van der Waals surface area contributed by atoms with Crippen LogP contribution in [-0.4, -0.2) is 33.1 Å². The zero-order chi connectivity index (χ0) is 22.2. The Balaban J connectivity index is 1.27. The Morgan fingerprint density at radius 1 is 1.12 bits per heavy atom. The molecular formula is C23H23N5O4. The Labute approximate surface area is 184 Å². The molecule has 0 aliphatic carbocycles. The number of amides is 2.